The van der Waals surface area contributed by atoms with Gasteiger partial charge in [-0.3, -0.25) is 0 Å². The Balaban J connectivity index is 2.41. The van der Waals surface area contributed by atoms with Crippen LogP contribution in [0.25, 0.3) is 0 Å². The molecule has 4 nitrogen and oxygen atoms in total. The molecule has 1 aliphatic heterocycles. The lowest BCUT2D eigenvalue weighted by Gasteiger charge is -2.16. The van der Waals surface area contributed by atoms with E-state index in [1.165, 1.54) is 6.07 Å². The van der Waals surface area contributed by atoms with E-state index in [2.05, 4.69) is 0 Å². The van der Waals surface area contributed by atoms with Gasteiger partial charge in [-0.25, -0.2) is 8.42 Å². The molecule has 17 heavy (non-hydrogen) atoms. The summed E-state index contributed by atoms with van der Waals surface area (Å²) in [7, 11) is -3.30. The minimum absolute atomic E-state index is 0.0745. The Morgan fingerprint density at radius 1 is 1.12 bits per heavy atom. The predicted molar refractivity (Wildman–Crippen MR) is 64.1 cm³/mol. The van der Waals surface area contributed by atoms with Crippen LogP contribution in [0.15, 0.2) is 23.1 Å². The van der Waals surface area contributed by atoms with E-state index in [-0.39, 0.29) is 12.7 Å². The monoisotopic (exact) mass is 256 g/mol. The molecule has 94 valence electrons. The lowest BCUT2D eigenvalue weighted by Crippen LogP contribution is -2.23. The smallest absolute Gasteiger partial charge is 0.231 e. The van der Waals surface area contributed by atoms with Gasteiger partial charge in [-0.15, -0.1) is 0 Å². The molecule has 0 aliphatic carbocycles. The van der Waals surface area contributed by atoms with Gasteiger partial charge >= 0.3 is 0 Å². The van der Waals surface area contributed by atoms with Crippen LogP contribution in [0.5, 0.6) is 11.5 Å². The zero-order chi connectivity index (χ0) is 12.6. The van der Waals surface area contributed by atoms with Crippen molar-refractivity contribution in [3.8, 4) is 11.5 Å². The zero-order valence-electron chi connectivity index (χ0n) is 10.1. The molecular formula is C12H16O4S. The highest BCUT2D eigenvalue weighted by molar-refractivity contribution is 7.92. The van der Waals surface area contributed by atoms with Crippen LogP contribution >= 0.6 is 0 Å². The topological polar surface area (TPSA) is 52.6 Å². The van der Waals surface area contributed by atoms with Gasteiger partial charge in [0.05, 0.1) is 10.1 Å². The lowest BCUT2D eigenvalue weighted by molar-refractivity contribution is 0.174. The zero-order valence-corrected chi connectivity index (χ0v) is 11.0. The molecule has 0 saturated heterocycles. The van der Waals surface area contributed by atoms with E-state index in [0.29, 0.717) is 16.4 Å². The van der Waals surface area contributed by atoms with Crippen molar-refractivity contribution in [2.24, 2.45) is 5.92 Å². The van der Waals surface area contributed by atoms with Gasteiger partial charge in [-0.1, -0.05) is 13.8 Å². The lowest BCUT2D eigenvalue weighted by atomic mass is 10.2. The minimum Gasteiger partial charge on any atom is -0.454 e. The third kappa shape index (κ3) is 2.11. The molecule has 0 aromatic heterocycles. The highest BCUT2D eigenvalue weighted by Crippen LogP contribution is 2.35. The Kier molecular flexibility index (Phi) is 3.03. The third-order valence-corrected chi connectivity index (χ3v) is 5.54. The first-order chi connectivity index (χ1) is 7.93. The summed E-state index contributed by atoms with van der Waals surface area (Å²) in [5.41, 5.74) is 0. The van der Waals surface area contributed by atoms with Crippen molar-refractivity contribution in [3.63, 3.8) is 0 Å². The number of fused-ring (bicyclic) bond motifs is 1. The van der Waals surface area contributed by atoms with Gasteiger partial charge in [0.15, 0.2) is 21.3 Å². The Bertz CT molecular complexity index is 519. The normalized spacial score (nSPS) is 16.2. The molecule has 2 rings (SSSR count). The number of hydrogen-bond acceptors (Lipinski definition) is 4. The van der Waals surface area contributed by atoms with Crippen molar-refractivity contribution in [2.45, 2.75) is 30.9 Å². The fourth-order valence-electron chi connectivity index (χ4n) is 1.63. The van der Waals surface area contributed by atoms with Crippen molar-refractivity contribution in [1.82, 2.24) is 0 Å². The molecule has 0 N–H and O–H groups in total. The van der Waals surface area contributed by atoms with E-state index in [0.717, 1.165) is 0 Å². The molecule has 0 saturated carbocycles. The van der Waals surface area contributed by atoms with Crippen molar-refractivity contribution in [1.29, 1.82) is 0 Å². The van der Waals surface area contributed by atoms with Crippen molar-refractivity contribution in [3.05, 3.63) is 18.2 Å². The van der Waals surface area contributed by atoms with E-state index in [9.17, 15) is 8.42 Å². The van der Waals surface area contributed by atoms with Crippen LogP contribution in [0, 0.1) is 5.92 Å². The molecule has 1 aliphatic rings. The van der Waals surface area contributed by atoms with Gasteiger partial charge in [0.2, 0.25) is 6.79 Å². The third-order valence-electron chi connectivity index (χ3n) is 3.10. The van der Waals surface area contributed by atoms with Crippen LogP contribution in [0.1, 0.15) is 20.8 Å². The number of benzene rings is 1. The summed E-state index contributed by atoms with van der Waals surface area (Å²) in [6, 6.07) is 4.75. The average Bonchev–Trinajstić information content (AvgIpc) is 2.74. The first-order valence-corrected chi connectivity index (χ1v) is 7.11. The second kappa shape index (κ2) is 4.22. The van der Waals surface area contributed by atoms with Crippen LogP contribution < -0.4 is 9.47 Å². The SMILES string of the molecule is CC(C)[C@H](C)S(=O)(=O)c1ccc2c(c1)OCO2. The molecule has 1 aromatic carbocycles. The maximum Gasteiger partial charge on any atom is 0.231 e. The van der Waals surface area contributed by atoms with E-state index in [4.69, 9.17) is 9.47 Å². The molecule has 5 heteroatoms. The first-order valence-electron chi connectivity index (χ1n) is 5.56. The van der Waals surface area contributed by atoms with Gasteiger partial charge in [-0.05, 0) is 25.0 Å². The second-order valence-electron chi connectivity index (χ2n) is 4.51. The standard InChI is InChI=1S/C12H16O4S/c1-8(2)9(3)17(13,14)10-4-5-11-12(6-10)16-7-15-11/h4-6,8-9H,7H2,1-3H3/t9-/m0/s1. The van der Waals surface area contributed by atoms with E-state index in [1.807, 2.05) is 13.8 Å². The summed E-state index contributed by atoms with van der Waals surface area (Å²) in [6.45, 7) is 5.67. The number of hydrogen-bond donors (Lipinski definition) is 0. The van der Waals surface area contributed by atoms with Gasteiger partial charge in [-0.2, -0.15) is 0 Å². The number of ether oxygens (including phenoxy) is 2. The summed E-state index contributed by atoms with van der Waals surface area (Å²) in [6.07, 6.45) is 0. The molecule has 0 amide bonds. The predicted octanol–water partition coefficient (Wildman–Crippen LogP) is 2.23. The van der Waals surface area contributed by atoms with Gasteiger partial charge in [0.25, 0.3) is 0 Å². The molecule has 0 fully saturated rings. The maximum absolute atomic E-state index is 12.3. The second-order valence-corrected chi connectivity index (χ2v) is 6.81. The average molecular weight is 256 g/mol. The first kappa shape index (κ1) is 12.2. The molecule has 1 aromatic rings. The Morgan fingerprint density at radius 3 is 2.41 bits per heavy atom. The van der Waals surface area contributed by atoms with Crippen LogP contribution in [-0.2, 0) is 9.84 Å². The molecule has 1 atom stereocenters. The Morgan fingerprint density at radius 2 is 1.76 bits per heavy atom. The fourth-order valence-corrected chi connectivity index (χ4v) is 3.30. The van der Waals surface area contributed by atoms with E-state index in [1.54, 1.807) is 19.1 Å². The van der Waals surface area contributed by atoms with E-state index < -0.39 is 15.1 Å². The van der Waals surface area contributed by atoms with E-state index >= 15 is 0 Å². The number of rotatable bonds is 3. The molecule has 0 radical (unpaired) electrons. The summed E-state index contributed by atoms with van der Waals surface area (Å²) >= 11 is 0. The molecular weight excluding hydrogens is 240 g/mol. The van der Waals surface area contributed by atoms with Gasteiger partial charge in [0.1, 0.15) is 0 Å². The molecule has 0 unspecified atom stereocenters. The largest absolute Gasteiger partial charge is 0.454 e. The minimum atomic E-state index is -3.30. The van der Waals surface area contributed by atoms with Gasteiger partial charge in [0, 0.05) is 6.07 Å². The fraction of sp³-hybridized carbons (Fsp3) is 0.500. The highest BCUT2D eigenvalue weighted by Gasteiger charge is 2.27. The summed E-state index contributed by atoms with van der Waals surface area (Å²) < 4.78 is 34.9. The van der Waals surface area contributed by atoms with Gasteiger partial charge < -0.3 is 9.47 Å². The summed E-state index contributed by atoms with van der Waals surface area (Å²) in [4.78, 5) is 0.294. The summed E-state index contributed by atoms with van der Waals surface area (Å²) in [5, 5.41) is -0.414. The maximum atomic E-state index is 12.3. The van der Waals surface area contributed by atoms with Crippen LogP contribution in [-0.4, -0.2) is 20.5 Å². The van der Waals surface area contributed by atoms with Crippen molar-refractivity contribution < 1.29 is 17.9 Å². The van der Waals surface area contributed by atoms with Crippen molar-refractivity contribution >= 4 is 9.84 Å². The molecule has 0 bridgehead atoms. The van der Waals surface area contributed by atoms with Crippen molar-refractivity contribution in [2.75, 3.05) is 6.79 Å². The van der Waals surface area contributed by atoms with Crippen LogP contribution in [0.2, 0.25) is 0 Å². The Hall–Kier alpha value is -1.23. The molecule has 1 heterocycles. The quantitative estimate of drug-likeness (QED) is 0.832. The molecule has 0 spiro atoms. The summed E-state index contributed by atoms with van der Waals surface area (Å²) in [5.74, 6) is 1.17. The Labute approximate surface area is 101 Å². The highest BCUT2D eigenvalue weighted by atomic mass is 32.2. The van der Waals surface area contributed by atoms with Crippen LogP contribution in [0.4, 0.5) is 0 Å². The number of sulfone groups is 1. The van der Waals surface area contributed by atoms with Crippen LogP contribution in [0.3, 0.4) is 0 Å².